The van der Waals surface area contributed by atoms with E-state index in [-0.39, 0.29) is 12.6 Å². The lowest BCUT2D eigenvalue weighted by atomic mass is 10.1. The molecule has 0 unspecified atom stereocenters. The Morgan fingerprint density at radius 3 is 2.38 bits per heavy atom. The van der Waals surface area contributed by atoms with E-state index in [9.17, 15) is 9.36 Å². The van der Waals surface area contributed by atoms with E-state index < -0.39 is 7.82 Å². The minimum atomic E-state index is -4.46. The van der Waals surface area contributed by atoms with Crippen molar-refractivity contribution in [3.05, 3.63) is 78.6 Å². The molecule has 4 aromatic rings. The maximum absolute atomic E-state index is 12.2. The van der Waals surface area contributed by atoms with E-state index in [0.29, 0.717) is 61.2 Å². The quantitative estimate of drug-likeness (QED) is 0.0768. The predicted molar refractivity (Wildman–Crippen MR) is 174 cm³/mol. The Bertz CT molecular complexity index is 1570. The summed E-state index contributed by atoms with van der Waals surface area (Å²) in [6.07, 6.45) is 2.93. The second-order valence-corrected chi connectivity index (χ2v) is 11.3. The average Bonchev–Trinajstić information content (AvgIpc) is 3.02. The predicted octanol–water partition coefficient (Wildman–Crippen LogP) is 5.14. The van der Waals surface area contributed by atoms with E-state index >= 15 is 0 Å². The number of ether oxygens (including phenoxy) is 2. The molecule has 1 aromatic heterocycles. The van der Waals surface area contributed by atoms with E-state index in [1.54, 1.807) is 7.11 Å². The maximum Gasteiger partial charge on any atom is 0.469 e. The summed E-state index contributed by atoms with van der Waals surface area (Å²) in [7, 11) is -2.88. The Labute approximate surface area is 262 Å². The number of hydrogen-bond donors (Lipinski definition) is 5. The molecular formula is C31H39N6O7P. The van der Waals surface area contributed by atoms with E-state index in [1.807, 2.05) is 78.6 Å². The van der Waals surface area contributed by atoms with Crippen LogP contribution in [0.2, 0.25) is 0 Å². The number of para-hydroxylation sites is 1. The number of likely N-dealkylation sites (N-methyl/N-ethyl adjacent to an activating group) is 1. The number of methoxy groups -OCH3 is 1. The molecule has 0 saturated carbocycles. The van der Waals surface area contributed by atoms with Crippen LogP contribution >= 0.6 is 7.82 Å². The molecule has 45 heavy (non-hydrogen) atoms. The van der Waals surface area contributed by atoms with Crippen LogP contribution in [0.15, 0.2) is 73.1 Å². The number of amides is 2. The Balaban J connectivity index is 1.27. The van der Waals surface area contributed by atoms with Crippen LogP contribution in [0.25, 0.3) is 10.9 Å². The van der Waals surface area contributed by atoms with Gasteiger partial charge in [0.15, 0.2) is 0 Å². The number of phosphoric ester groups is 1. The molecule has 0 aliphatic carbocycles. The van der Waals surface area contributed by atoms with Gasteiger partial charge < -0.3 is 40.1 Å². The van der Waals surface area contributed by atoms with E-state index in [0.717, 1.165) is 29.6 Å². The van der Waals surface area contributed by atoms with Crippen LogP contribution in [0.5, 0.6) is 11.5 Å². The summed E-state index contributed by atoms with van der Waals surface area (Å²) in [6.45, 7) is 4.79. The number of carbonyl (C=O) groups excluding carboxylic acids is 1. The van der Waals surface area contributed by atoms with Crippen molar-refractivity contribution in [3.63, 3.8) is 0 Å². The zero-order valence-corrected chi connectivity index (χ0v) is 26.2. The molecule has 0 aliphatic rings. The summed E-state index contributed by atoms with van der Waals surface area (Å²) in [6, 6.07) is 20.3. The van der Waals surface area contributed by atoms with Gasteiger partial charge in [-0.3, -0.25) is 4.52 Å². The van der Waals surface area contributed by atoms with Crippen LogP contribution in [-0.2, 0) is 15.5 Å². The number of nitrogens with zero attached hydrogens (tertiary/aromatic N) is 3. The van der Waals surface area contributed by atoms with Crippen molar-refractivity contribution < 1.29 is 33.1 Å². The maximum atomic E-state index is 12.2. The Kier molecular flexibility index (Phi) is 12.5. The third kappa shape index (κ3) is 11.0. The van der Waals surface area contributed by atoms with E-state index in [2.05, 4.69) is 30.4 Å². The van der Waals surface area contributed by atoms with E-state index in [1.165, 1.54) is 6.33 Å². The standard InChI is InChI=1S/C31H39N6O7P/c1-3-37(17-19-44-45(39,40)41)16-7-18-43-26-20-27-29(28(21-26)42-2)30(34-22-33-27)32-15-14-23-10-12-25(13-11-23)36-31(38)35-24-8-5-4-6-9-24/h4-6,8-13,20-22H,3,7,14-19H2,1-2H3,(H,32,33,34)(H2,35,36,38)(H2,39,40,41). The molecule has 5 N–H and O–H groups in total. The van der Waals surface area contributed by atoms with Gasteiger partial charge in [-0.05, 0) is 49.2 Å². The van der Waals surface area contributed by atoms with Crippen LogP contribution in [-0.4, -0.2) is 77.2 Å². The first kappa shape index (κ1) is 33.6. The van der Waals surface area contributed by atoms with Crippen LogP contribution < -0.4 is 25.4 Å². The number of hydrogen-bond acceptors (Lipinski definition) is 9. The van der Waals surface area contributed by atoms with Gasteiger partial charge in [-0.15, -0.1) is 0 Å². The highest BCUT2D eigenvalue weighted by Crippen LogP contribution is 2.35. The summed E-state index contributed by atoms with van der Waals surface area (Å²) in [5.41, 5.74) is 3.18. The summed E-state index contributed by atoms with van der Waals surface area (Å²) >= 11 is 0. The molecule has 0 fully saturated rings. The lowest BCUT2D eigenvalue weighted by Gasteiger charge is -2.20. The molecule has 14 heteroatoms. The second kappa shape index (κ2) is 16.7. The molecule has 0 radical (unpaired) electrons. The Morgan fingerprint density at radius 1 is 0.956 bits per heavy atom. The molecule has 0 spiro atoms. The summed E-state index contributed by atoms with van der Waals surface area (Å²) < 4.78 is 27.1. The number of nitrogens with one attached hydrogen (secondary N) is 3. The van der Waals surface area contributed by atoms with Gasteiger partial charge in [-0.25, -0.2) is 19.3 Å². The van der Waals surface area contributed by atoms with Crippen molar-refractivity contribution in [2.24, 2.45) is 0 Å². The average molecular weight is 639 g/mol. The van der Waals surface area contributed by atoms with Crippen molar-refractivity contribution in [3.8, 4) is 11.5 Å². The number of phosphoric acid groups is 1. The fourth-order valence-electron chi connectivity index (χ4n) is 4.60. The molecular weight excluding hydrogens is 599 g/mol. The molecule has 3 aromatic carbocycles. The van der Waals surface area contributed by atoms with Gasteiger partial charge in [0.25, 0.3) is 0 Å². The van der Waals surface area contributed by atoms with Gasteiger partial charge in [0.2, 0.25) is 0 Å². The van der Waals surface area contributed by atoms with Crippen molar-refractivity contribution >= 4 is 41.9 Å². The first-order chi connectivity index (χ1) is 21.7. The molecule has 2 amide bonds. The van der Waals surface area contributed by atoms with Crippen molar-refractivity contribution in [1.82, 2.24) is 14.9 Å². The third-order valence-electron chi connectivity index (χ3n) is 6.85. The first-order valence-electron chi connectivity index (χ1n) is 14.6. The number of urea groups is 1. The number of aromatic nitrogens is 2. The fraction of sp³-hybridized carbons (Fsp3) is 0.323. The first-order valence-corrected chi connectivity index (χ1v) is 16.1. The Morgan fingerprint density at radius 2 is 1.69 bits per heavy atom. The van der Waals surface area contributed by atoms with E-state index in [4.69, 9.17) is 19.3 Å². The zero-order valence-electron chi connectivity index (χ0n) is 25.3. The van der Waals surface area contributed by atoms with Crippen LogP contribution in [0.4, 0.5) is 22.0 Å². The lowest BCUT2D eigenvalue weighted by molar-refractivity contribution is 0.159. The third-order valence-corrected chi connectivity index (χ3v) is 7.37. The Hall–Kier alpha value is -4.26. The highest BCUT2D eigenvalue weighted by molar-refractivity contribution is 7.46. The van der Waals surface area contributed by atoms with Crippen LogP contribution in [0.1, 0.15) is 18.9 Å². The van der Waals surface area contributed by atoms with Gasteiger partial charge in [0.05, 0.1) is 31.2 Å². The van der Waals surface area contributed by atoms with Crippen molar-refractivity contribution in [2.45, 2.75) is 19.8 Å². The summed E-state index contributed by atoms with van der Waals surface area (Å²) in [4.78, 5) is 40.8. The fourth-order valence-corrected chi connectivity index (χ4v) is 4.92. The lowest BCUT2D eigenvalue weighted by Crippen LogP contribution is -2.29. The molecule has 4 rings (SSSR count). The van der Waals surface area contributed by atoms with Crippen molar-refractivity contribution in [2.75, 3.05) is 62.5 Å². The molecule has 0 aliphatic heterocycles. The molecule has 0 bridgehead atoms. The van der Waals surface area contributed by atoms with Gasteiger partial charge in [0.1, 0.15) is 23.6 Å². The molecule has 0 saturated heterocycles. The SMILES string of the molecule is CCN(CCCOc1cc(OC)c2c(NCCc3ccc(NC(=O)Nc4ccccc4)cc3)ncnc2c1)CCOP(=O)(O)O. The number of fused-ring (bicyclic) bond motifs is 1. The molecule has 240 valence electrons. The normalized spacial score (nSPS) is 11.4. The van der Waals surface area contributed by atoms with Crippen LogP contribution in [0, 0.1) is 0 Å². The van der Waals surface area contributed by atoms with Gasteiger partial charge >= 0.3 is 13.9 Å². The summed E-state index contributed by atoms with van der Waals surface area (Å²) in [5.74, 6) is 1.85. The minimum Gasteiger partial charge on any atom is -0.496 e. The smallest absolute Gasteiger partial charge is 0.469 e. The number of carbonyl (C=O) groups is 1. The number of rotatable bonds is 17. The minimum absolute atomic E-state index is 0.0453. The zero-order chi connectivity index (χ0) is 32.1. The van der Waals surface area contributed by atoms with Gasteiger partial charge in [-0.2, -0.15) is 0 Å². The second-order valence-electron chi connectivity index (χ2n) is 10.0. The molecule has 0 atom stereocenters. The van der Waals surface area contributed by atoms with Crippen LogP contribution in [0.3, 0.4) is 0 Å². The van der Waals surface area contributed by atoms with Gasteiger partial charge in [0, 0.05) is 43.1 Å². The number of anilines is 3. The molecule has 1 heterocycles. The number of benzene rings is 3. The van der Waals surface area contributed by atoms with Gasteiger partial charge in [-0.1, -0.05) is 37.3 Å². The highest BCUT2D eigenvalue weighted by atomic mass is 31.2. The molecule has 13 nitrogen and oxygen atoms in total. The summed E-state index contributed by atoms with van der Waals surface area (Å²) in [5, 5.41) is 9.77. The topological polar surface area (TPSA) is 167 Å². The highest BCUT2D eigenvalue weighted by Gasteiger charge is 2.15. The monoisotopic (exact) mass is 638 g/mol. The van der Waals surface area contributed by atoms with Crippen molar-refractivity contribution in [1.29, 1.82) is 0 Å². The largest absolute Gasteiger partial charge is 0.496 e.